The van der Waals surface area contributed by atoms with Gasteiger partial charge in [-0.3, -0.25) is 0 Å². The number of carbonyl (C=O) groups is 2. The molecule has 0 saturated carbocycles. The molecule has 0 atom stereocenters. The summed E-state index contributed by atoms with van der Waals surface area (Å²) in [6.45, 7) is 23.6. The van der Waals surface area contributed by atoms with Gasteiger partial charge in [0.05, 0.1) is 88.0 Å². The number of ether oxygens (including phenoxy) is 6. The van der Waals surface area contributed by atoms with Crippen LogP contribution in [0.4, 0.5) is 41.2 Å². The molecule has 542 valence electrons. The molecule has 8 heterocycles. The van der Waals surface area contributed by atoms with Crippen molar-refractivity contribution in [2.45, 2.75) is 131 Å². The number of para-hydroxylation sites is 3. The molecule has 0 spiro atoms. The number of carboxylic acid groups (broad SMARTS) is 1. The van der Waals surface area contributed by atoms with Crippen molar-refractivity contribution >= 4 is 112 Å². The fraction of sp³-hybridized carbons (Fsp3) is 0.351. The van der Waals surface area contributed by atoms with Crippen molar-refractivity contribution in [2.75, 3.05) is 58.1 Å². The molecule has 2 fully saturated rings. The number of piperidine rings is 2. The van der Waals surface area contributed by atoms with Gasteiger partial charge in [0.25, 0.3) is 0 Å². The highest BCUT2D eigenvalue weighted by Crippen LogP contribution is 2.46. The standard InChI is InChI=1S/C33H40N4O4S.C28H32N4O2S.C14H11ClN2OS.C2HF3O2/c1-20(2)40-27-18-23(22-14-16-37(17-15-22)32(38)41-33(4,5)6)12-13-25(27)35-31-34-19-28-30(36-31)29(21(3)42-28)24-10-8-9-11-26(24)39-7;1-17(2)34-24-15-20(19-11-13-29-14-12-19)9-10-22(24)31-28-30-16-25-27(32-28)26(18(3)35-25)21-7-5-6-8-23(21)33-4;1-8-12(9-5-3-4-6-10(9)18-2)13-11(19-8)7-16-14(15)17-13;3-2(4,5)1(6)7/h8-13,18-20,22H,14-17H2,1-7H3,(H,34,35,36);5-10,15-17,19,29H,11-14H2,1-4H3,(H,30,31,32);3-7H,1-2H3;(H,6,7). The van der Waals surface area contributed by atoms with E-state index < -0.39 is 17.7 Å². The van der Waals surface area contributed by atoms with E-state index in [2.05, 4.69) is 113 Å². The molecule has 13 rings (SSSR count). The third kappa shape index (κ3) is 19.1. The van der Waals surface area contributed by atoms with Gasteiger partial charge in [-0.2, -0.15) is 13.2 Å². The molecule has 19 nitrogen and oxygen atoms in total. The zero-order valence-electron chi connectivity index (χ0n) is 59.7. The van der Waals surface area contributed by atoms with Crippen molar-refractivity contribution in [3.8, 4) is 62.1 Å². The van der Waals surface area contributed by atoms with Crippen LogP contribution in [0.5, 0.6) is 28.7 Å². The summed E-state index contributed by atoms with van der Waals surface area (Å²) in [6.07, 6.45) is 4.32. The number of carboxylic acids is 1. The Labute approximate surface area is 614 Å². The van der Waals surface area contributed by atoms with Gasteiger partial charge in [0, 0.05) is 67.3 Å². The molecule has 11 aromatic rings. The smallest absolute Gasteiger partial charge is 0.490 e. The Balaban J connectivity index is 0.000000167. The summed E-state index contributed by atoms with van der Waals surface area (Å²) in [5.41, 5.74) is 12.7. The van der Waals surface area contributed by atoms with Gasteiger partial charge in [-0.1, -0.05) is 66.7 Å². The molecule has 0 bridgehead atoms. The molecular weight excluding hydrogens is 1400 g/mol. The maximum Gasteiger partial charge on any atom is 0.490 e. The van der Waals surface area contributed by atoms with E-state index in [0.717, 1.165) is 148 Å². The van der Waals surface area contributed by atoms with Crippen molar-refractivity contribution in [1.82, 2.24) is 40.1 Å². The number of likely N-dealkylation sites (tertiary alicyclic amines) is 1. The highest BCUT2D eigenvalue weighted by Gasteiger charge is 2.38. The topological polar surface area (TPSA) is 226 Å². The van der Waals surface area contributed by atoms with Gasteiger partial charge >= 0.3 is 18.2 Å². The summed E-state index contributed by atoms with van der Waals surface area (Å²) in [7, 11) is 5.06. The average Bonchev–Trinajstić information content (AvgIpc) is 1.65. The van der Waals surface area contributed by atoms with E-state index in [1.54, 1.807) is 61.5 Å². The van der Waals surface area contributed by atoms with Crippen LogP contribution >= 0.6 is 45.6 Å². The number of anilines is 4. The second kappa shape index (κ2) is 33.8. The third-order valence-electron chi connectivity index (χ3n) is 16.8. The van der Waals surface area contributed by atoms with E-state index in [4.69, 9.17) is 59.9 Å². The number of rotatable bonds is 16. The number of fused-ring (bicyclic) bond motifs is 3. The molecule has 5 aromatic carbocycles. The molecule has 103 heavy (non-hydrogen) atoms. The van der Waals surface area contributed by atoms with E-state index in [0.29, 0.717) is 36.8 Å². The van der Waals surface area contributed by atoms with Crippen LogP contribution in [0.15, 0.2) is 128 Å². The maximum absolute atomic E-state index is 12.5. The predicted molar refractivity (Wildman–Crippen MR) is 407 cm³/mol. The summed E-state index contributed by atoms with van der Waals surface area (Å²) in [5.74, 6) is 3.27. The number of carbonyl (C=O) groups excluding carboxylic acids is 1. The van der Waals surface area contributed by atoms with Crippen LogP contribution in [0.25, 0.3) is 64.0 Å². The number of hydrogen-bond donors (Lipinski definition) is 4. The fourth-order valence-electron chi connectivity index (χ4n) is 12.2. The Kier molecular flexibility index (Phi) is 25.0. The number of halogens is 4. The molecule has 0 aliphatic carbocycles. The monoisotopic (exact) mass is 1480 g/mol. The number of alkyl halides is 3. The van der Waals surface area contributed by atoms with Crippen molar-refractivity contribution < 1.29 is 56.3 Å². The first kappa shape index (κ1) is 76.2. The van der Waals surface area contributed by atoms with Gasteiger partial charge < -0.3 is 54.4 Å². The Morgan fingerprint density at radius 3 is 1.30 bits per heavy atom. The van der Waals surface area contributed by atoms with E-state index in [9.17, 15) is 18.0 Å². The Bertz CT molecular complexity index is 4780. The normalized spacial score (nSPS) is 13.5. The molecule has 4 N–H and O–H groups in total. The summed E-state index contributed by atoms with van der Waals surface area (Å²) in [5, 5.41) is 17.7. The van der Waals surface area contributed by atoms with Gasteiger partial charge in [-0.15, -0.1) is 34.0 Å². The molecule has 6 aromatic heterocycles. The Morgan fingerprint density at radius 2 is 0.932 bits per heavy atom. The second-order valence-corrected chi connectivity index (χ2v) is 30.1. The largest absolute Gasteiger partial charge is 0.496 e. The number of benzene rings is 5. The number of aromatic nitrogens is 6. The zero-order valence-corrected chi connectivity index (χ0v) is 62.9. The van der Waals surface area contributed by atoms with Crippen LogP contribution in [0.1, 0.15) is 112 Å². The molecule has 0 radical (unpaired) electrons. The number of thiophene rings is 3. The molecule has 2 saturated heterocycles. The van der Waals surface area contributed by atoms with Crippen molar-refractivity contribution in [3.63, 3.8) is 0 Å². The van der Waals surface area contributed by atoms with Crippen LogP contribution in [-0.2, 0) is 9.53 Å². The maximum atomic E-state index is 12.5. The van der Waals surface area contributed by atoms with Crippen LogP contribution < -0.4 is 39.6 Å². The molecule has 2 aliphatic rings. The van der Waals surface area contributed by atoms with Gasteiger partial charge in [0.15, 0.2) is 0 Å². The lowest BCUT2D eigenvalue weighted by molar-refractivity contribution is -0.192. The van der Waals surface area contributed by atoms with Crippen LogP contribution in [0.3, 0.4) is 0 Å². The zero-order chi connectivity index (χ0) is 73.9. The van der Waals surface area contributed by atoms with Gasteiger partial charge in [-0.25, -0.2) is 39.5 Å². The van der Waals surface area contributed by atoms with E-state index in [1.807, 2.05) is 119 Å². The first-order valence-corrected chi connectivity index (χ1v) is 36.5. The summed E-state index contributed by atoms with van der Waals surface area (Å²) < 4.78 is 69.6. The number of nitrogens with one attached hydrogen (secondary N) is 3. The molecule has 2 aliphatic heterocycles. The van der Waals surface area contributed by atoms with Gasteiger partial charge in [0.1, 0.15) is 34.3 Å². The van der Waals surface area contributed by atoms with Crippen molar-refractivity contribution in [1.29, 1.82) is 0 Å². The summed E-state index contributed by atoms with van der Waals surface area (Å²) in [4.78, 5) is 54.3. The number of hydrogen-bond acceptors (Lipinski definition) is 20. The minimum absolute atomic E-state index is 0.00474. The third-order valence-corrected chi connectivity index (χ3v) is 20.1. The molecular formula is C77H84ClF3N10O9S3. The summed E-state index contributed by atoms with van der Waals surface area (Å²) >= 11 is 10.9. The van der Waals surface area contributed by atoms with E-state index >= 15 is 0 Å². The Morgan fingerprint density at radius 1 is 0.563 bits per heavy atom. The molecule has 26 heteroatoms. The number of aryl methyl sites for hydroxylation is 3. The first-order valence-electron chi connectivity index (χ1n) is 33.7. The quantitative estimate of drug-likeness (QED) is 0.0660. The molecule has 1 amide bonds. The highest BCUT2D eigenvalue weighted by molar-refractivity contribution is 7.20. The predicted octanol–water partition coefficient (Wildman–Crippen LogP) is 20.0. The van der Waals surface area contributed by atoms with Gasteiger partial charge in [0.2, 0.25) is 17.2 Å². The minimum atomic E-state index is -5.08. The van der Waals surface area contributed by atoms with Crippen molar-refractivity contribution in [2.24, 2.45) is 0 Å². The number of aliphatic carboxylic acids is 1. The van der Waals surface area contributed by atoms with Crippen LogP contribution in [0, 0.1) is 20.8 Å². The van der Waals surface area contributed by atoms with Gasteiger partial charge in [-0.05, 0) is 185 Å². The Hall–Kier alpha value is -9.40. The van der Waals surface area contributed by atoms with E-state index in [1.165, 1.54) is 20.9 Å². The second-order valence-electron chi connectivity index (χ2n) is 26.0. The molecule has 0 unspecified atom stereocenters. The lowest BCUT2D eigenvalue weighted by atomic mass is 9.89. The van der Waals surface area contributed by atoms with Crippen LogP contribution in [-0.4, -0.2) is 123 Å². The highest BCUT2D eigenvalue weighted by atomic mass is 35.5. The average molecular weight is 1480 g/mol. The lowest BCUT2D eigenvalue weighted by Gasteiger charge is -2.33. The SMILES string of the molecule is COc1ccccc1-c1c(C)sc2cnc(Cl)nc12.COc1ccccc1-c1c(C)sc2cnc(Nc3ccc(C4CCN(C(=O)OC(C)(C)C)CC4)cc3OC(C)C)nc12.COc1ccccc1-c1c(C)sc2cnc(Nc3ccc(C4CCNCC4)cc3OC(C)C)nc12.O=C(O)C(F)(F)F. The first-order chi connectivity index (χ1) is 49.2. The number of methoxy groups -OCH3 is 3. The lowest BCUT2D eigenvalue weighted by Crippen LogP contribution is -2.41. The number of amides is 1. The van der Waals surface area contributed by atoms with Crippen LogP contribution in [0.2, 0.25) is 5.28 Å². The fourth-order valence-corrected chi connectivity index (χ4v) is 15.3. The summed E-state index contributed by atoms with van der Waals surface area (Å²) in [6, 6.07) is 36.8. The van der Waals surface area contributed by atoms with E-state index in [-0.39, 0.29) is 23.6 Å². The van der Waals surface area contributed by atoms with Crippen molar-refractivity contribution in [3.05, 3.63) is 159 Å². The minimum Gasteiger partial charge on any atom is -0.496 e. The number of nitrogens with zero attached hydrogens (tertiary/aromatic N) is 7.